The SMILES string of the molecule is COc1ccc(C#N)cc1OCc1ccccc1Cl. The van der Waals surface area contributed by atoms with E-state index in [0.29, 0.717) is 28.7 Å². The van der Waals surface area contributed by atoms with Crippen molar-refractivity contribution in [3.8, 4) is 17.6 Å². The van der Waals surface area contributed by atoms with Gasteiger partial charge < -0.3 is 9.47 Å². The first kappa shape index (κ1) is 13.3. The van der Waals surface area contributed by atoms with E-state index in [1.54, 1.807) is 25.3 Å². The predicted molar refractivity (Wildman–Crippen MR) is 73.5 cm³/mol. The van der Waals surface area contributed by atoms with Gasteiger partial charge in [0.15, 0.2) is 11.5 Å². The first-order chi connectivity index (χ1) is 9.24. The molecule has 0 unspecified atom stereocenters. The minimum absolute atomic E-state index is 0.324. The van der Waals surface area contributed by atoms with Gasteiger partial charge in [0.05, 0.1) is 18.7 Å². The number of benzene rings is 2. The third-order valence-corrected chi connectivity index (χ3v) is 3.00. The zero-order valence-electron chi connectivity index (χ0n) is 10.4. The molecule has 3 nitrogen and oxygen atoms in total. The van der Waals surface area contributed by atoms with E-state index in [4.69, 9.17) is 26.3 Å². The Morgan fingerprint density at radius 1 is 1.16 bits per heavy atom. The molecule has 0 aliphatic heterocycles. The van der Waals surface area contributed by atoms with Gasteiger partial charge in [0, 0.05) is 16.7 Å². The van der Waals surface area contributed by atoms with Crippen molar-refractivity contribution >= 4 is 11.6 Å². The van der Waals surface area contributed by atoms with Crippen molar-refractivity contribution in [2.45, 2.75) is 6.61 Å². The summed E-state index contributed by atoms with van der Waals surface area (Å²) in [6.45, 7) is 0.324. The van der Waals surface area contributed by atoms with Crippen LogP contribution in [0.25, 0.3) is 0 Å². The molecule has 0 spiro atoms. The summed E-state index contributed by atoms with van der Waals surface area (Å²) in [5.74, 6) is 1.12. The average molecular weight is 274 g/mol. The molecular formula is C15H12ClNO2. The van der Waals surface area contributed by atoms with Crippen LogP contribution in [-0.2, 0) is 6.61 Å². The van der Waals surface area contributed by atoms with Crippen LogP contribution >= 0.6 is 11.6 Å². The average Bonchev–Trinajstić information content (AvgIpc) is 2.46. The van der Waals surface area contributed by atoms with E-state index in [1.165, 1.54) is 0 Å². The fraction of sp³-hybridized carbons (Fsp3) is 0.133. The number of hydrogen-bond acceptors (Lipinski definition) is 3. The summed E-state index contributed by atoms with van der Waals surface area (Å²) in [6, 6.07) is 14.6. The Morgan fingerprint density at radius 3 is 2.63 bits per heavy atom. The van der Waals surface area contributed by atoms with Crippen LogP contribution in [0.2, 0.25) is 5.02 Å². The third-order valence-electron chi connectivity index (χ3n) is 2.63. The number of ether oxygens (including phenoxy) is 2. The van der Waals surface area contributed by atoms with Crippen LogP contribution in [0.1, 0.15) is 11.1 Å². The van der Waals surface area contributed by atoms with Gasteiger partial charge in [0.1, 0.15) is 6.61 Å². The Bertz CT molecular complexity index is 620. The van der Waals surface area contributed by atoms with Crippen LogP contribution in [0, 0.1) is 11.3 Å². The predicted octanol–water partition coefficient (Wildman–Crippen LogP) is 3.80. The number of methoxy groups -OCH3 is 1. The van der Waals surface area contributed by atoms with Crippen molar-refractivity contribution in [3.63, 3.8) is 0 Å². The van der Waals surface area contributed by atoms with E-state index in [1.807, 2.05) is 24.3 Å². The van der Waals surface area contributed by atoms with Gasteiger partial charge in [-0.05, 0) is 18.2 Å². The highest BCUT2D eigenvalue weighted by atomic mass is 35.5. The van der Waals surface area contributed by atoms with Crippen molar-refractivity contribution in [1.82, 2.24) is 0 Å². The van der Waals surface area contributed by atoms with E-state index in [2.05, 4.69) is 6.07 Å². The molecule has 0 fully saturated rings. The number of nitrogens with zero attached hydrogens (tertiary/aromatic N) is 1. The standard InChI is InChI=1S/C15H12ClNO2/c1-18-14-7-6-11(9-17)8-15(14)19-10-12-4-2-3-5-13(12)16/h2-8H,10H2,1H3. The fourth-order valence-electron chi connectivity index (χ4n) is 1.63. The highest BCUT2D eigenvalue weighted by Gasteiger charge is 2.07. The van der Waals surface area contributed by atoms with Gasteiger partial charge in [-0.15, -0.1) is 0 Å². The molecular weight excluding hydrogens is 262 g/mol. The van der Waals surface area contributed by atoms with Crippen molar-refractivity contribution < 1.29 is 9.47 Å². The van der Waals surface area contributed by atoms with E-state index in [9.17, 15) is 0 Å². The Labute approximate surface area is 117 Å². The molecule has 0 atom stereocenters. The van der Waals surface area contributed by atoms with Crippen molar-refractivity contribution in [3.05, 3.63) is 58.6 Å². The molecule has 2 rings (SSSR count). The molecule has 0 heterocycles. The highest BCUT2D eigenvalue weighted by molar-refractivity contribution is 6.31. The van der Waals surface area contributed by atoms with Gasteiger partial charge in [-0.3, -0.25) is 0 Å². The molecule has 4 heteroatoms. The number of hydrogen-bond donors (Lipinski definition) is 0. The first-order valence-electron chi connectivity index (χ1n) is 5.69. The van der Waals surface area contributed by atoms with Crippen LogP contribution in [0.5, 0.6) is 11.5 Å². The van der Waals surface area contributed by atoms with Crippen LogP contribution in [0.3, 0.4) is 0 Å². The lowest BCUT2D eigenvalue weighted by atomic mass is 10.2. The lowest BCUT2D eigenvalue weighted by Crippen LogP contribution is -1.98. The molecule has 0 N–H and O–H groups in total. The highest BCUT2D eigenvalue weighted by Crippen LogP contribution is 2.29. The second-order valence-corrected chi connectivity index (χ2v) is 4.26. The van der Waals surface area contributed by atoms with Gasteiger partial charge in [0.2, 0.25) is 0 Å². The van der Waals surface area contributed by atoms with Crippen LogP contribution < -0.4 is 9.47 Å². The normalized spacial score (nSPS) is 9.74. The lowest BCUT2D eigenvalue weighted by Gasteiger charge is -2.11. The van der Waals surface area contributed by atoms with Crippen molar-refractivity contribution in [2.24, 2.45) is 0 Å². The minimum Gasteiger partial charge on any atom is -0.493 e. The molecule has 0 aliphatic carbocycles. The Balaban J connectivity index is 2.19. The van der Waals surface area contributed by atoms with Crippen molar-refractivity contribution in [1.29, 1.82) is 5.26 Å². The van der Waals surface area contributed by atoms with Crippen molar-refractivity contribution in [2.75, 3.05) is 7.11 Å². The van der Waals surface area contributed by atoms with E-state index in [-0.39, 0.29) is 0 Å². The molecule has 0 saturated carbocycles. The largest absolute Gasteiger partial charge is 0.493 e. The van der Waals surface area contributed by atoms with Crippen LogP contribution in [-0.4, -0.2) is 7.11 Å². The number of rotatable bonds is 4. The minimum atomic E-state index is 0.324. The topological polar surface area (TPSA) is 42.2 Å². The molecule has 0 aromatic heterocycles. The van der Waals surface area contributed by atoms with Crippen LogP contribution in [0.4, 0.5) is 0 Å². The summed E-state index contributed by atoms with van der Waals surface area (Å²) in [4.78, 5) is 0. The number of nitriles is 1. The summed E-state index contributed by atoms with van der Waals surface area (Å²) in [6.07, 6.45) is 0. The second-order valence-electron chi connectivity index (χ2n) is 3.86. The molecule has 19 heavy (non-hydrogen) atoms. The Kier molecular flexibility index (Phi) is 4.27. The Morgan fingerprint density at radius 2 is 1.95 bits per heavy atom. The third kappa shape index (κ3) is 3.18. The molecule has 2 aromatic rings. The molecule has 2 aromatic carbocycles. The summed E-state index contributed by atoms with van der Waals surface area (Å²) >= 11 is 6.06. The molecule has 0 amide bonds. The van der Waals surface area contributed by atoms with Gasteiger partial charge >= 0.3 is 0 Å². The molecule has 0 saturated heterocycles. The van der Waals surface area contributed by atoms with Gasteiger partial charge in [-0.2, -0.15) is 5.26 Å². The molecule has 96 valence electrons. The smallest absolute Gasteiger partial charge is 0.162 e. The van der Waals surface area contributed by atoms with E-state index < -0.39 is 0 Å². The second kappa shape index (κ2) is 6.12. The van der Waals surface area contributed by atoms with Gasteiger partial charge in [-0.25, -0.2) is 0 Å². The summed E-state index contributed by atoms with van der Waals surface area (Å²) in [5.41, 5.74) is 1.41. The monoisotopic (exact) mass is 273 g/mol. The zero-order valence-corrected chi connectivity index (χ0v) is 11.1. The van der Waals surface area contributed by atoms with Gasteiger partial charge in [0.25, 0.3) is 0 Å². The summed E-state index contributed by atoms with van der Waals surface area (Å²) < 4.78 is 10.9. The zero-order chi connectivity index (χ0) is 13.7. The molecule has 0 radical (unpaired) electrons. The van der Waals surface area contributed by atoms with Crippen LogP contribution in [0.15, 0.2) is 42.5 Å². The van der Waals surface area contributed by atoms with E-state index in [0.717, 1.165) is 5.56 Å². The number of halogens is 1. The summed E-state index contributed by atoms with van der Waals surface area (Å²) in [7, 11) is 1.56. The van der Waals surface area contributed by atoms with E-state index >= 15 is 0 Å². The maximum Gasteiger partial charge on any atom is 0.162 e. The Hall–Kier alpha value is -2.18. The fourth-order valence-corrected chi connectivity index (χ4v) is 1.82. The lowest BCUT2D eigenvalue weighted by molar-refractivity contribution is 0.284. The molecule has 0 aliphatic rings. The maximum absolute atomic E-state index is 8.89. The quantitative estimate of drug-likeness (QED) is 0.851. The molecule has 0 bridgehead atoms. The summed E-state index contributed by atoms with van der Waals surface area (Å²) in [5, 5.41) is 9.54. The maximum atomic E-state index is 8.89. The van der Waals surface area contributed by atoms with Gasteiger partial charge in [-0.1, -0.05) is 29.8 Å². The first-order valence-corrected chi connectivity index (χ1v) is 6.06.